The van der Waals surface area contributed by atoms with Gasteiger partial charge in [0.05, 0.1) is 19.8 Å². The third-order valence-electron chi connectivity index (χ3n) is 13.7. The quantitative estimate of drug-likeness (QED) is 0.0197. The maximum atomic E-state index is 12.9. The van der Waals surface area contributed by atoms with Crippen LogP contribution < -0.4 is 0 Å². The first kappa shape index (κ1) is 73.4. The number of phosphoric ester groups is 1. The summed E-state index contributed by atoms with van der Waals surface area (Å²) in [5.74, 6) is -1.46. The second-order valence-electron chi connectivity index (χ2n) is 21.2. The van der Waals surface area contributed by atoms with E-state index in [9.17, 15) is 28.9 Å². The largest absolute Gasteiger partial charge is 0.472 e. The van der Waals surface area contributed by atoms with E-state index in [0.29, 0.717) is 19.3 Å². The summed E-state index contributed by atoms with van der Waals surface area (Å²) in [6.45, 7) is 4.63. The minimum atomic E-state index is -4.75. The lowest BCUT2D eigenvalue weighted by atomic mass is 10.0. The highest BCUT2D eigenvalue weighted by Crippen LogP contribution is 2.43. The number of aliphatic hydroxyl groups is 1. The van der Waals surface area contributed by atoms with Crippen molar-refractivity contribution in [1.29, 1.82) is 0 Å². The molecule has 0 aliphatic rings. The molecule has 3 unspecified atom stereocenters. The van der Waals surface area contributed by atoms with Gasteiger partial charge in [0, 0.05) is 19.3 Å². The normalized spacial score (nSPS) is 13.6. The van der Waals surface area contributed by atoms with Crippen molar-refractivity contribution in [3.63, 3.8) is 0 Å². The standard InChI is InChI=1S/C64H117O11P/c1-4-7-10-13-16-19-22-25-27-29-30-32-33-36-38-41-44-47-50-53-62(66)71-57-61(75-64(68)55-52-49-46-43-40-37-34-31-28-26-23-20-17-14-11-8-5-2)59-73-76(69,70)72-58-60(56-65)74-63(67)54-51-48-45-42-39-35-24-21-18-15-12-9-6-3/h16-17,19-20,25-28,60-61,65H,4-15,18,21-24,29-59H2,1-3H3,(H,69,70)/b19-16-,20-17-,27-25-,28-26-. The van der Waals surface area contributed by atoms with Crippen molar-refractivity contribution in [2.45, 2.75) is 315 Å². The molecule has 0 heterocycles. The number of rotatable bonds is 59. The van der Waals surface area contributed by atoms with Gasteiger partial charge in [-0.15, -0.1) is 0 Å². The summed E-state index contributed by atoms with van der Waals surface area (Å²) >= 11 is 0. The fourth-order valence-corrected chi connectivity index (χ4v) is 9.67. The molecule has 0 aromatic heterocycles. The van der Waals surface area contributed by atoms with Crippen LogP contribution in [0.15, 0.2) is 48.6 Å². The molecule has 2 N–H and O–H groups in total. The molecule has 0 spiro atoms. The summed E-state index contributed by atoms with van der Waals surface area (Å²) in [6, 6.07) is 0. The van der Waals surface area contributed by atoms with Gasteiger partial charge in [-0.25, -0.2) is 4.57 Å². The zero-order valence-electron chi connectivity index (χ0n) is 49.2. The fraction of sp³-hybridized carbons (Fsp3) is 0.828. The molecule has 0 saturated heterocycles. The van der Waals surface area contributed by atoms with Crippen LogP contribution in [0.3, 0.4) is 0 Å². The molecular weight excluding hydrogens is 976 g/mol. The van der Waals surface area contributed by atoms with Crippen LogP contribution >= 0.6 is 7.82 Å². The molecule has 12 heteroatoms. The lowest BCUT2D eigenvalue weighted by Gasteiger charge is -2.21. The number of unbranched alkanes of at least 4 members (excludes halogenated alkanes) is 34. The molecule has 0 aliphatic heterocycles. The van der Waals surface area contributed by atoms with Crippen LogP contribution in [0.1, 0.15) is 303 Å². The van der Waals surface area contributed by atoms with Crippen LogP contribution in [0.5, 0.6) is 0 Å². The number of carbonyl (C=O) groups excluding carboxylic acids is 3. The highest BCUT2D eigenvalue weighted by molar-refractivity contribution is 7.47. The number of phosphoric acid groups is 1. The third kappa shape index (κ3) is 56.2. The summed E-state index contributed by atoms with van der Waals surface area (Å²) in [6.07, 6.45) is 63.4. The van der Waals surface area contributed by atoms with Crippen molar-refractivity contribution in [3.8, 4) is 0 Å². The van der Waals surface area contributed by atoms with E-state index in [4.69, 9.17) is 23.3 Å². The minimum absolute atomic E-state index is 0.160. The second kappa shape index (κ2) is 58.6. The Bertz CT molecular complexity index is 1460. The van der Waals surface area contributed by atoms with Gasteiger partial charge in [0.15, 0.2) is 6.10 Å². The Hall–Kier alpha value is -2.56. The predicted octanol–water partition coefficient (Wildman–Crippen LogP) is 18.9. The second-order valence-corrected chi connectivity index (χ2v) is 22.7. The molecule has 3 atom stereocenters. The van der Waals surface area contributed by atoms with Crippen molar-refractivity contribution in [2.24, 2.45) is 0 Å². The SMILES string of the molecule is CCCCC/C=C\C/C=C\CCCCCCCCCCCC(=O)OCC(COP(=O)(O)OCC(CO)OC(=O)CCCCCCCCCCCCCCC)OC(=O)CCCCCCCCC/C=C\C/C=C\CCCCC. The summed E-state index contributed by atoms with van der Waals surface area (Å²) in [5, 5.41) is 9.83. The number of ether oxygens (including phenoxy) is 3. The molecule has 0 amide bonds. The topological polar surface area (TPSA) is 155 Å². The van der Waals surface area contributed by atoms with Gasteiger partial charge in [-0.2, -0.15) is 0 Å². The molecule has 0 saturated carbocycles. The van der Waals surface area contributed by atoms with E-state index >= 15 is 0 Å². The molecule has 11 nitrogen and oxygen atoms in total. The smallest absolute Gasteiger partial charge is 0.462 e. The molecule has 444 valence electrons. The summed E-state index contributed by atoms with van der Waals surface area (Å²) < 4.78 is 39.6. The molecule has 0 aliphatic carbocycles. The van der Waals surface area contributed by atoms with Crippen LogP contribution in [0, 0.1) is 0 Å². The maximum Gasteiger partial charge on any atom is 0.472 e. The van der Waals surface area contributed by atoms with Crippen molar-refractivity contribution < 1.29 is 52.2 Å². The van der Waals surface area contributed by atoms with E-state index < -0.39 is 57.8 Å². The molecule has 0 fully saturated rings. The zero-order valence-corrected chi connectivity index (χ0v) is 50.1. The Balaban J connectivity index is 4.70. The monoisotopic (exact) mass is 1090 g/mol. The Labute approximate surface area is 466 Å². The molecule has 76 heavy (non-hydrogen) atoms. The van der Waals surface area contributed by atoms with E-state index in [0.717, 1.165) is 89.9 Å². The van der Waals surface area contributed by atoms with Crippen LogP contribution in [0.4, 0.5) is 0 Å². The first-order chi connectivity index (χ1) is 37.2. The fourth-order valence-electron chi connectivity index (χ4n) is 8.89. The number of hydrogen-bond donors (Lipinski definition) is 2. The Morgan fingerprint density at radius 1 is 0.368 bits per heavy atom. The van der Waals surface area contributed by atoms with Crippen molar-refractivity contribution in [3.05, 3.63) is 48.6 Å². The highest BCUT2D eigenvalue weighted by atomic mass is 31.2. The summed E-state index contributed by atoms with van der Waals surface area (Å²) in [7, 11) is -4.75. The van der Waals surface area contributed by atoms with Gasteiger partial charge >= 0.3 is 25.7 Å². The van der Waals surface area contributed by atoms with Crippen LogP contribution in [-0.2, 0) is 42.2 Å². The average molecular weight is 1090 g/mol. The molecule has 0 radical (unpaired) electrons. The Morgan fingerprint density at radius 2 is 0.645 bits per heavy atom. The van der Waals surface area contributed by atoms with Gasteiger partial charge in [-0.1, -0.05) is 249 Å². The van der Waals surface area contributed by atoms with Crippen molar-refractivity contribution >= 4 is 25.7 Å². The first-order valence-electron chi connectivity index (χ1n) is 31.5. The van der Waals surface area contributed by atoms with E-state index in [1.54, 1.807) is 0 Å². The van der Waals surface area contributed by atoms with E-state index in [1.807, 2.05) is 0 Å². The van der Waals surface area contributed by atoms with E-state index in [2.05, 4.69) is 69.4 Å². The number of aliphatic hydroxyl groups excluding tert-OH is 1. The molecule has 0 rings (SSSR count). The summed E-state index contributed by atoms with van der Waals surface area (Å²) in [5.41, 5.74) is 0. The predicted molar refractivity (Wildman–Crippen MR) is 316 cm³/mol. The lowest BCUT2D eigenvalue weighted by molar-refractivity contribution is -0.161. The van der Waals surface area contributed by atoms with Crippen molar-refractivity contribution in [2.75, 3.05) is 26.4 Å². The molecule has 0 bridgehead atoms. The van der Waals surface area contributed by atoms with Gasteiger partial charge in [0.2, 0.25) is 0 Å². The Morgan fingerprint density at radius 3 is 1.00 bits per heavy atom. The molecular formula is C64H117O11P. The Kier molecular flexibility index (Phi) is 56.6. The van der Waals surface area contributed by atoms with Crippen LogP contribution in [0.25, 0.3) is 0 Å². The number of carbonyl (C=O) groups is 3. The molecule has 0 aromatic rings. The average Bonchev–Trinajstić information content (AvgIpc) is 3.41. The lowest BCUT2D eigenvalue weighted by Crippen LogP contribution is -2.30. The minimum Gasteiger partial charge on any atom is -0.462 e. The first-order valence-corrected chi connectivity index (χ1v) is 33.0. The maximum absolute atomic E-state index is 12.9. The van der Waals surface area contributed by atoms with Gasteiger partial charge in [-0.05, 0) is 83.5 Å². The highest BCUT2D eigenvalue weighted by Gasteiger charge is 2.28. The van der Waals surface area contributed by atoms with Gasteiger partial charge < -0.3 is 24.2 Å². The summed E-state index contributed by atoms with van der Waals surface area (Å²) in [4.78, 5) is 48.7. The number of allylic oxidation sites excluding steroid dienone is 8. The van der Waals surface area contributed by atoms with Crippen LogP contribution in [-0.4, -0.2) is 66.5 Å². The number of esters is 3. The van der Waals surface area contributed by atoms with E-state index in [1.165, 1.54) is 154 Å². The number of hydrogen-bond acceptors (Lipinski definition) is 10. The van der Waals surface area contributed by atoms with Crippen molar-refractivity contribution in [1.82, 2.24) is 0 Å². The molecule has 0 aromatic carbocycles. The van der Waals surface area contributed by atoms with Gasteiger partial charge in [0.25, 0.3) is 0 Å². The van der Waals surface area contributed by atoms with E-state index in [-0.39, 0.29) is 25.9 Å². The van der Waals surface area contributed by atoms with Crippen LogP contribution in [0.2, 0.25) is 0 Å². The van der Waals surface area contributed by atoms with Gasteiger partial charge in [0.1, 0.15) is 12.7 Å². The van der Waals surface area contributed by atoms with Gasteiger partial charge in [-0.3, -0.25) is 23.4 Å². The third-order valence-corrected chi connectivity index (χ3v) is 14.7. The zero-order chi connectivity index (χ0) is 55.5.